The molecule has 0 saturated carbocycles. The number of aryl methyl sites for hydroxylation is 4. The summed E-state index contributed by atoms with van der Waals surface area (Å²) >= 11 is 0. The van der Waals surface area contributed by atoms with Crippen LogP contribution in [0.1, 0.15) is 45.9 Å². The molecule has 0 aliphatic rings. The van der Waals surface area contributed by atoms with E-state index >= 15 is 0 Å². The average molecular weight is 715 g/mol. The molecule has 0 amide bonds. The van der Waals surface area contributed by atoms with Crippen molar-refractivity contribution in [2.75, 3.05) is 0 Å². The summed E-state index contributed by atoms with van der Waals surface area (Å²) in [4.78, 5) is 10.7. The Morgan fingerprint density at radius 2 is 0.907 bits per heavy atom. The Morgan fingerprint density at radius 1 is 0.463 bits per heavy atom. The zero-order valence-electron chi connectivity index (χ0n) is 31.4. The van der Waals surface area contributed by atoms with Crippen LogP contribution in [0.2, 0.25) is 0 Å². The third-order valence-corrected chi connectivity index (χ3v) is 15.1. The van der Waals surface area contributed by atoms with Gasteiger partial charge in [-0.25, -0.2) is 9.98 Å². The number of benzene rings is 7. The van der Waals surface area contributed by atoms with Crippen LogP contribution in [0.5, 0.6) is 0 Å². The summed E-state index contributed by atoms with van der Waals surface area (Å²) in [7, 11) is -2.77. The quantitative estimate of drug-likeness (QED) is 0.0553. The van der Waals surface area contributed by atoms with Gasteiger partial charge in [-0.1, -0.05) is 189 Å². The molecule has 0 radical (unpaired) electrons. The summed E-state index contributed by atoms with van der Waals surface area (Å²) in [6.45, 7) is 10.9. The van der Waals surface area contributed by atoms with Gasteiger partial charge in [0.15, 0.2) is 13.9 Å². The predicted molar refractivity (Wildman–Crippen MR) is 234 cm³/mol. The van der Waals surface area contributed by atoms with Gasteiger partial charge in [-0.15, -0.1) is 0 Å². The molecule has 0 heterocycles. The van der Waals surface area contributed by atoms with Crippen LogP contribution >= 0.6 is 0 Å². The highest BCUT2D eigenvalue weighted by atomic mass is 28.3. The Bertz CT molecular complexity index is 2300. The van der Waals surface area contributed by atoms with Crippen LogP contribution in [0.25, 0.3) is 5.70 Å². The minimum absolute atomic E-state index is 0.647. The van der Waals surface area contributed by atoms with Crippen molar-refractivity contribution in [3.63, 3.8) is 0 Å². The first-order chi connectivity index (χ1) is 26.4. The maximum absolute atomic E-state index is 5.36. The molecule has 0 N–H and O–H groups in total. The maximum Gasteiger partial charge on any atom is 0.179 e. The van der Waals surface area contributed by atoms with Crippen molar-refractivity contribution >= 4 is 46.1 Å². The van der Waals surface area contributed by atoms with Gasteiger partial charge in [0.25, 0.3) is 0 Å². The topological polar surface area (TPSA) is 24.7 Å². The zero-order valence-corrected chi connectivity index (χ0v) is 32.4. The second kappa shape index (κ2) is 16.7. The molecule has 264 valence electrons. The van der Waals surface area contributed by atoms with Crippen molar-refractivity contribution in [3.05, 3.63) is 234 Å². The SMILES string of the molecule is C=C(N=C(N=C(C)c1cccc(CCc2ccccc2)c1)c1cccc([Si](c2ccccc2)(c2ccccc2)c2ccccc2)c1)c1c(C)cccc1C. The number of hydrogen-bond acceptors (Lipinski definition) is 1. The number of amidine groups is 1. The third-order valence-electron chi connectivity index (χ3n) is 10.3. The zero-order chi connectivity index (χ0) is 37.3. The molecule has 3 heteroatoms. The van der Waals surface area contributed by atoms with Gasteiger partial charge in [0.1, 0.15) is 0 Å². The van der Waals surface area contributed by atoms with Crippen LogP contribution in [-0.2, 0) is 12.8 Å². The molecule has 0 aromatic heterocycles. The highest BCUT2D eigenvalue weighted by Crippen LogP contribution is 2.24. The molecular weight excluding hydrogens is 669 g/mol. The van der Waals surface area contributed by atoms with E-state index in [9.17, 15) is 0 Å². The molecule has 0 atom stereocenters. The molecule has 0 aliphatic heterocycles. The van der Waals surface area contributed by atoms with E-state index in [0.29, 0.717) is 11.5 Å². The maximum atomic E-state index is 5.36. The molecule has 0 fully saturated rings. The first-order valence-corrected chi connectivity index (χ1v) is 20.7. The second-order valence-corrected chi connectivity index (χ2v) is 17.8. The Balaban J connectivity index is 1.39. The molecule has 0 spiro atoms. The predicted octanol–water partition coefficient (Wildman–Crippen LogP) is 9.39. The lowest BCUT2D eigenvalue weighted by Gasteiger charge is -2.34. The van der Waals surface area contributed by atoms with Crippen LogP contribution in [0.3, 0.4) is 0 Å². The smallest absolute Gasteiger partial charge is 0.179 e. The van der Waals surface area contributed by atoms with Crippen molar-refractivity contribution in [3.8, 4) is 0 Å². The molecule has 2 nitrogen and oxygen atoms in total. The minimum atomic E-state index is -2.77. The van der Waals surface area contributed by atoms with Gasteiger partial charge in [0.05, 0.1) is 5.70 Å². The van der Waals surface area contributed by atoms with Crippen molar-refractivity contribution in [2.45, 2.75) is 33.6 Å². The van der Waals surface area contributed by atoms with Gasteiger partial charge in [0, 0.05) is 16.8 Å². The van der Waals surface area contributed by atoms with Gasteiger partial charge >= 0.3 is 0 Å². The lowest BCUT2D eigenvalue weighted by molar-refractivity contribution is 0.960. The van der Waals surface area contributed by atoms with Gasteiger partial charge < -0.3 is 0 Å². The molecule has 0 unspecified atom stereocenters. The highest BCUT2D eigenvalue weighted by molar-refractivity contribution is 7.19. The lowest BCUT2D eigenvalue weighted by Crippen LogP contribution is -2.74. The molecule has 54 heavy (non-hydrogen) atoms. The van der Waals surface area contributed by atoms with E-state index < -0.39 is 8.07 Å². The van der Waals surface area contributed by atoms with Gasteiger partial charge in [-0.2, -0.15) is 0 Å². The van der Waals surface area contributed by atoms with Crippen molar-refractivity contribution < 1.29 is 0 Å². The summed E-state index contributed by atoms with van der Waals surface area (Å²) in [5.41, 5.74) is 9.64. The lowest BCUT2D eigenvalue weighted by atomic mass is 10.0. The standard InChI is InChI=1S/C51H46N2Si/c1-38-20-17-21-39(2)50(38)41(4)53-51(52-40(3)44-25-18-24-43(36-44)35-34-42-22-9-5-10-23-42)45-26-19-33-49(37-45)54(46-27-11-6-12-28-46,47-29-13-7-14-30-47)48-31-15-8-16-32-48/h5-33,36-37H,4,34-35H2,1-3H3. The first kappa shape index (κ1) is 36.2. The van der Waals surface area contributed by atoms with E-state index in [0.717, 1.165) is 46.4 Å². The molecule has 7 aromatic carbocycles. The largest absolute Gasteiger partial charge is 0.233 e. The molecular formula is C51H46N2Si. The summed E-state index contributed by atoms with van der Waals surface area (Å²) in [6, 6.07) is 67.8. The molecule has 7 aromatic rings. The van der Waals surface area contributed by atoms with E-state index in [1.807, 2.05) is 0 Å². The van der Waals surface area contributed by atoms with Gasteiger partial charge in [-0.05, 0) is 88.2 Å². The summed E-state index contributed by atoms with van der Waals surface area (Å²) in [5, 5.41) is 5.24. The van der Waals surface area contributed by atoms with Crippen molar-refractivity contribution in [2.24, 2.45) is 9.98 Å². The Morgan fingerprint density at radius 3 is 1.48 bits per heavy atom. The summed E-state index contributed by atoms with van der Waals surface area (Å²) in [5.74, 6) is 0.647. The monoisotopic (exact) mass is 714 g/mol. The fraction of sp³-hybridized carbons (Fsp3) is 0.0980. The van der Waals surface area contributed by atoms with Crippen LogP contribution in [-0.4, -0.2) is 19.6 Å². The third kappa shape index (κ3) is 7.78. The summed E-state index contributed by atoms with van der Waals surface area (Å²) < 4.78 is 0. The van der Waals surface area contributed by atoms with E-state index in [4.69, 9.17) is 9.98 Å². The molecule has 0 saturated heterocycles. The Labute approximate surface area is 322 Å². The van der Waals surface area contributed by atoms with E-state index in [1.54, 1.807) is 0 Å². The fourth-order valence-electron chi connectivity index (χ4n) is 7.67. The molecule has 0 bridgehead atoms. The van der Waals surface area contributed by atoms with E-state index in [2.05, 4.69) is 215 Å². The van der Waals surface area contributed by atoms with Crippen LogP contribution in [0.4, 0.5) is 0 Å². The second-order valence-electron chi connectivity index (χ2n) is 14.0. The number of hydrogen-bond donors (Lipinski definition) is 0. The number of aliphatic imine (C=N–C) groups is 2. The molecule has 7 rings (SSSR count). The normalized spacial score (nSPS) is 12.1. The number of nitrogens with zero attached hydrogens (tertiary/aromatic N) is 2. The van der Waals surface area contributed by atoms with Crippen LogP contribution in [0.15, 0.2) is 205 Å². The van der Waals surface area contributed by atoms with E-state index in [1.165, 1.54) is 31.9 Å². The van der Waals surface area contributed by atoms with Gasteiger partial charge in [0.2, 0.25) is 0 Å². The Hall–Kier alpha value is -6.16. The van der Waals surface area contributed by atoms with Crippen molar-refractivity contribution in [1.82, 2.24) is 0 Å². The van der Waals surface area contributed by atoms with Crippen LogP contribution in [0, 0.1) is 13.8 Å². The first-order valence-electron chi connectivity index (χ1n) is 18.7. The fourth-order valence-corrected chi connectivity index (χ4v) is 12.5. The minimum Gasteiger partial charge on any atom is -0.233 e. The van der Waals surface area contributed by atoms with Gasteiger partial charge in [-0.3, -0.25) is 0 Å². The number of rotatable bonds is 11. The Kier molecular flexibility index (Phi) is 11.2. The van der Waals surface area contributed by atoms with Crippen molar-refractivity contribution in [1.29, 1.82) is 0 Å². The van der Waals surface area contributed by atoms with E-state index in [-0.39, 0.29) is 0 Å². The van der Waals surface area contributed by atoms with Crippen LogP contribution < -0.4 is 20.7 Å². The summed E-state index contributed by atoms with van der Waals surface area (Å²) in [6.07, 6.45) is 1.95. The average Bonchev–Trinajstić information content (AvgIpc) is 3.22. The highest BCUT2D eigenvalue weighted by Gasteiger charge is 2.41. The molecule has 0 aliphatic carbocycles.